The Kier molecular flexibility index (Phi) is 16.7. The molecular formula is C54H63InO2S2Si. The van der Waals surface area contributed by atoms with Crippen molar-refractivity contribution in [2.75, 3.05) is 11.5 Å². The number of hydrogen-bond donors (Lipinski definition) is 0. The number of thioether (sulfide) groups is 2. The van der Waals surface area contributed by atoms with Crippen LogP contribution in [-0.4, -0.2) is 45.4 Å². The van der Waals surface area contributed by atoms with Crippen LogP contribution in [0, 0.1) is 6.55 Å². The van der Waals surface area contributed by atoms with Gasteiger partial charge in [-0.2, -0.15) is 0 Å². The average Bonchev–Trinajstić information content (AvgIpc) is 3.21. The second kappa shape index (κ2) is 20.3. The molecule has 0 bridgehead atoms. The van der Waals surface area contributed by atoms with Crippen molar-refractivity contribution < 1.29 is 10.2 Å². The van der Waals surface area contributed by atoms with E-state index in [9.17, 15) is 10.2 Å². The maximum absolute atomic E-state index is 14.4. The molecule has 2 nitrogen and oxygen atoms in total. The second-order valence-corrected chi connectivity index (χ2v) is 26.3. The van der Waals surface area contributed by atoms with Gasteiger partial charge in [-0.15, -0.1) is 31.6 Å². The minimum Gasteiger partial charge on any atom is -0.871 e. The fraction of sp³-hybridized carbons (Fsp3) is 0.315. The molecule has 0 N–H and O–H groups in total. The summed E-state index contributed by atoms with van der Waals surface area (Å²) < 4.78 is 0. The predicted octanol–water partition coefficient (Wildman–Crippen LogP) is 13.3. The third kappa shape index (κ3) is 11.8. The zero-order chi connectivity index (χ0) is 43.2. The van der Waals surface area contributed by atoms with Crippen LogP contribution in [0.3, 0.4) is 0 Å². The average molecular weight is 951 g/mol. The largest absolute Gasteiger partial charge is 3.00 e. The molecule has 6 aromatic carbocycles. The molecule has 0 radical (unpaired) electrons. The minimum atomic E-state index is -0.861. The first kappa shape index (κ1) is 49.4. The summed E-state index contributed by atoms with van der Waals surface area (Å²) in [6.07, 6.45) is 0. The van der Waals surface area contributed by atoms with E-state index in [4.69, 9.17) is 0 Å². The molecule has 0 spiro atoms. The van der Waals surface area contributed by atoms with Gasteiger partial charge in [-0.05, 0) is 66.4 Å². The molecule has 0 aromatic heterocycles. The second-order valence-electron chi connectivity index (χ2n) is 18.9. The SMILES string of the molecule is CC(C)(c1ccccc1)c1cc(SCCSc2cc(C(C)(C)c3ccccc3)cc(C(C)(C)c3ccccc3)c2[O-])c([O-])c(C(C)(C)c2ccccc2)c1.[CH2-][Si](C)(C)C.[In+3]. The molecule has 0 saturated heterocycles. The van der Waals surface area contributed by atoms with E-state index in [1.165, 1.54) is 11.1 Å². The Morgan fingerprint density at radius 3 is 0.900 bits per heavy atom. The number of benzene rings is 6. The smallest absolute Gasteiger partial charge is 0.871 e. The first-order chi connectivity index (χ1) is 27.6. The summed E-state index contributed by atoms with van der Waals surface area (Å²) in [4.78, 5) is 1.51. The number of rotatable bonds is 13. The van der Waals surface area contributed by atoms with E-state index in [1.54, 1.807) is 23.5 Å². The van der Waals surface area contributed by atoms with Gasteiger partial charge in [0.25, 0.3) is 0 Å². The van der Waals surface area contributed by atoms with Gasteiger partial charge in [-0.1, -0.05) is 220 Å². The molecule has 6 aromatic rings. The molecule has 0 heterocycles. The third-order valence-corrected chi connectivity index (χ3v) is 13.8. The molecule has 60 heavy (non-hydrogen) atoms. The van der Waals surface area contributed by atoms with Gasteiger partial charge in [-0.25, -0.2) is 0 Å². The monoisotopic (exact) mass is 950 g/mol. The van der Waals surface area contributed by atoms with Crippen LogP contribution in [0.5, 0.6) is 11.5 Å². The Balaban J connectivity index is 0.00000125. The molecule has 310 valence electrons. The Labute approximate surface area is 390 Å². The number of hydrogen-bond acceptors (Lipinski definition) is 4. The van der Waals surface area contributed by atoms with Crippen LogP contribution in [0.2, 0.25) is 19.6 Å². The van der Waals surface area contributed by atoms with E-state index >= 15 is 0 Å². The van der Waals surface area contributed by atoms with Crippen LogP contribution in [0.15, 0.2) is 155 Å². The summed E-state index contributed by atoms with van der Waals surface area (Å²) in [5.41, 5.74) is 6.86. The first-order valence-electron chi connectivity index (χ1n) is 20.7. The summed E-state index contributed by atoms with van der Waals surface area (Å²) in [7, 11) is -0.861. The quantitative estimate of drug-likeness (QED) is 0.0501. The van der Waals surface area contributed by atoms with Crippen LogP contribution >= 0.6 is 23.5 Å². The Morgan fingerprint density at radius 2 is 0.650 bits per heavy atom. The van der Waals surface area contributed by atoms with Gasteiger partial charge in [0.05, 0.1) is 0 Å². The Morgan fingerprint density at radius 1 is 0.417 bits per heavy atom. The van der Waals surface area contributed by atoms with Gasteiger partial charge in [0.1, 0.15) is 0 Å². The van der Waals surface area contributed by atoms with Gasteiger partial charge < -0.3 is 16.8 Å². The molecular weight excluding hydrogens is 888 g/mol. The molecule has 0 saturated carbocycles. The van der Waals surface area contributed by atoms with E-state index < -0.39 is 18.9 Å². The molecule has 6 rings (SSSR count). The van der Waals surface area contributed by atoms with E-state index in [0.717, 1.165) is 43.2 Å². The molecule has 6 heteroatoms. The Hall–Kier alpha value is -3.29. The molecule has 0 amide bonds. The maximum Gasteiger partial charge on any atom is 3.00 e. The van der Waals surface area contributed by atoms with Crippen molar-refractivity contribution in [2.24, 2.45) is 0 Å². The summed E-state index contributed by atoms with van der Waals surface area (Å²) in [6, 6.07) is 50.2. The fourth-order valence-corrected chi connectivity index (χ4v) is 9.45. The zero-order valence-electron chi connectivity index (χ0n) is 37.7. The van der Waals surface area contributed by atoms with Gasteiger partial charge >= 0.3 is 25.8 Å². The molecule has 0 aliphatic heterocycles. The van der Waals surface area contributed by atoms with Crippen molar-refractivity contribution in [3.05, 3.63) is 197 Å². The van der Waals surface area contributed by atoms with Crippen molar-refractivity contribution in [1.82, 2.24) is 0 Å². The standard InChI is InChI=1S/C50H54O2S2.C4H11Si.In/c1-47(2,35-21-13-9-14-22-35)39-31-41(49(5,6)37-25-17-11-18-26-37)45(51)43(33-39)53-29-30-54-44-34-40(48(3,4)36-23-15-10-16-24-36)32-42(46(44)52)50(7,8)38-27-19-12-20-28-38;1-5(2,3)4;/h9-28,31-34,51-52H,29-30H2,1-8H3;1H2,2-4H3;/q;-1;+3/p-2. The van der Waals surface area contributed by atoms with Crippen molar-refractivity contribution in [1.29, 1.82) is 0 Å². The van der Waals surface area contributed by atoms with Gasteiger partial charge in [0.15, 0.2) is 0 Å². The normalized spacial score (nSPS) is 12.3. The van der Waals surface area contributed by atoms with Crippen molar-refractivity contribution >= 4 is 57.4 Å². The maximum atomic E-state index is 14.4. The van der Waals surface area contributed by atoms with Crippen LogP contribution in [-0.2, 0) is 21.7 Å². The van der Waals surface area contributed by atoms with E-state index in [0.29, 0.717) is 11.5 Å². The van der Waals surface area contributed by atoms with Crippen LogP contribution in [0.25, 0.3) is 0 Å². The van der Waals surface area contributed by atoms with E-state index in [-0.39, 0.29) is 48.2 Å². The van der Waals surface area contributed by atoms with Crippen molar-refractivity contribution in [3.63, 3.8) is 0 Å². The Bertz CT molecular complexity index is 2120. The molecule has 0 fully saturated rings. The summed E-state index contributed by atoms with van der Waals surface area (Å²) in [5, 5.41) is 28.8. The summed E-state index contributed by atoms with van der Waals surface area (Å²) in [6.45, 7) is 28.1. The van der Waals surface area contributed by atoms with E-state index in [1.807, 2.05) is 48.5 Å². The molecule has 0 aliphatic rings. The molecule has 0 atom stereocenters. The summed E-state index contributed by atoms with van der Waals surface area (Å²) >= 11 is 3.20. The summed E-state index contributed by atoms with van der Waals surface area (Å²) in [5.74, 6) is 1.52. The van der Waals surface area contributed by atoms with Crippen molar-refractivity contribution in [3.8, 4) is 11.5 Å². The van der Waals surface area contributed by atoms with E-state index in [2.05, 4.69) is 179 Å². The van der Waals surface area contributed by atoms with Crippen molar-refractivity contribution in [2.45, 2.75) is 106 Å². The molecule has 0 unspecified atom stereocenters. The zero-order valence-corrected chi connectivity index (χ0v) is 43.6. The van der Waals surface area contributed by atoms with Gasteiger partial charge in [-0.3, -0.25) is 0 Å². The van der Waals surface area contributed by atoms with Gasteiger partial charge in [0, 0.05) is 33.2 Å². The first-order valence-corrected chi connectivity index (χ1v) is 26.4. The minimum absolute atomic E-state index is 0. The topological polar surface area (TPSA) is 46.1 Å². The third-order valence-electron chi connectivity index (χ3n) is 11.5. The van der Waals surface area contributed by atoms with Gasteiger partial charge in [0.2, 0.25) is 0 Å². The van der Waals surface area contributed by atoms with Crippen LogP contribution in [0.1, 0.15) is 99.9 Å². The van der Waals surface area contributed by atoms with Crippen LogP contribution in [0.4, 0.5) is 0 Å². The predicted molar refractivity (Wildman–Crippen MR) is 262 cm³/mol. The van der Waals surface area contributed by atoms with Crippen LogP contribution < -0.4 is 10.2 Å². The fourth-order valence-electron chi connectivity index (χ4n) is 7.44. The molecule has 0 aliphatic carbocycles.